The van der Waals surface area contributed by atoms with Crippen molar-refractivity contribution in [3.05, 3.63) is 65.2 Å². The number of methoxy groups -OCH3 is 1. The van der Waals surface area contributed by atoms with Crippen molar-refractivity contribution >= 4 is 11.8 Å². The predicted molar refractivity (Wildman–Crippen MR) is 118 cm³/mol. The van der Waals surface area contributed by atoms with Gasteiger partial charge in [-0.25, -0.2) is 0 Å². The van der Waals surface area contributed by atoms with E-state index in [4.69, 9.17) is 4.74 Å². The summed E-state index contributed by atoms with van der Waals surface area (Å²) >= 11 is 0. The predicted octanol–water partition coefficient (Wildman–Crippen LogP) is 4.02. The van der Waals surface area contributed by atoms with Crippen LogP contribution in [0.5, 0.6) is 5.75 Å². The van der Waals surface area contributed by atoms with Crippen molar-refractivity contribution in [2.24, 2.45) is 0 Å². The van der Waals surface area contributed by atoms with Crippen molar-refractivity contribution < 1.29 is 14.3 Å². The fraction of sp³-hybridized carbons (Fsp3) is 0.440. The number of nitrogens with one attached hydrogen (secondary N) is 1. The Labute approximate surface area is 179 Å². The highest BCUT2D eigenvalue weighted by Crippen LogP contribution is 2.20. The Morgan fingerprint density at radius 2 is 1.77 bits per heavy atom. The van der Waals surface area contributed by atoms with Gasteiger partial charge in [-0.3, -0.25) is 9.59 Å². The summed E-state index contributed by atoms with van der Waals surface area (Å²) in [7, 11) is 1.63. The number of rotatable bonds is 8. The summed E-state index contributed by atoms with van der Waals surface area (Å²) in [6.45, 7) is 4.21. The molecule has 5 heteroatoms. The summed E-state index contributed by atoms with van der Waals surface area (Å²) in [5, 5.41) is 3.14. The van der Waals surface area contributed by atoms with Crippen molar-refractivity contribution in [1.82, 2.24) is 10.2 Å². The van der Waals surface area contributed by atoms with Gasteiger partial charge in [0.15, 0.2) is 0 Å². The molecule has 2 aromatic rings. The number of hydrogen-bond donors (Lipinski definition) is 1. The summed E-state index contributed by atoms with van der Waals surface area (Å²) in [5.41, 5.74) is 3.04. The van der Waals surface area contributed by atoms with Crippen molar-refractivity contribution in [2.75, 3.05) is 7.11 Å². The average Bonchev–Trinajstić information content (AvgIpc) is 3.26. The van der Waals surface area contributed by atoms with Gasteiger partial charge in [-0.15, -0.1) is 0 Å². The van der Waals surface area contributed by atoms with Crippen molar-refractivity contribution in [2.45, 2.75) is 64.6 Å². The molecule has 1 N–H and O–H groups in total. The Hall–Kier alpha value is -2.82. The highest BCUT2D eigenvalue weighted by atomic mass is 16.5. The van der Waals surface area contributed by atoms with E-state index in [-0.39, 0.29) is 24.3 Å². The molecule has 1 aliphatic rings. The Morgan fingerprint density at radius 3 is 2.40 bits per heavy atom. The van der Waals surface area contributed by atoms with Gasteiger partial charge in [0, 0.05) is 12.6 Å². The minimum Gasteiger partial charge on any atom is -0.497 e. The maximum absolute atomic E-state index is 13.3. The minimum atomic E-state index is -0.538. The molecule has 1 atom stereocenters. The van der Waals surface area contributed by atoms with Crippen LogP contribution in [0.25, 0.3) is 0 Å². The lowest BCUT2D eigenvalue weighted by Gasteiger charge is -2.30. The van der Waals surface area contributed by atoms with E-state index < -0.39 is 6.04 Å². The SMILES string of the molecule is COc1ccc(CN(C(=O)Cc2ccccc2C)[C@H](C)C(=O)NC2CCCC2)cc1. The molecule has 1 fully saturated rings. The number of nitrogens with zero attached hydrogens (tertiary/aromatic N) is 1. The van der Waals surface area contributed by atoms with E-state index >= 15 is 0 Å². The maximum Gasteiger partial charge on any atom is 0.242 e. The van der Waals surface area contributed by atoms with E-state index in [1.54, 1.807) is 12.0 Å². The van der Waals surface area contributed by atoms with Crippen LogP contribution in [-0.4, -0.2) is 35.9 Å². The van der Waals surface area contributed by atoms with Crippen LogP contribution >= 0.6 is 0 Å². The Kier molecular flexibility index (Phi) is 7.50. The summed E-state index contributed by atoms with van der Waals surface area (Å²) in [4.78, 5) is 27.9. The van der Waals surface area contributed by atoms with Crippen LogP contribution in [0.1, 0.15) is 49.3 Å². The molecule has 0 unspecified atom stereocenters. The second kappa shape index (κ2) is 10.3. The smallest absolute Gasteiger partial charge is 0.242 e. The van der Waals surface area contributed by atoms with E-state index in [1.807, 2.05) is 62.4 Å². The third-order valence-corrected chi connectivity index (χ3v) is 5.98. The maximum atomic E-state index is 13.3. The third-order valence-electron chi connectivity index (χ3n) is 5.98. The average molecular weight is 409 g/mol. The van der Waals surface area contributed by atoms with E-state index in [0.717, 1.165) is 48.1 Å². The van der Waals surface area contributed by atoms with Gasteiger partial charge in [-0.1, -0.05) is 49.2 Å². The van der Waals surface area contributed by atoms with E-state index in [2.05, 4.69) is 5.32 Å². The standard InChI is InChI=1S/C25H32N2O3/c1-18-8-4-5-9-21(18)16-24(28)27(17-20-12-14-23(30-3)15-13-20)19(2)25(29)26-22-10-6-7-11-22/h4-5,8-9,12-15,19,22H,6-7,10-11,16-17H2,1-3H3,(H,26,29)/t19-/m1/s1. The lowest BCUT2D eigenvalue weighted by molar-refractivity contribution is -0.140. The molecule has 5 nitrogen and oxygen atoms in total. The van der Waals surface area contributed by atoms with Gasteiger partial charge >= 0.3 is 0 Å². The molecule has 0 radical (unpaired) electrons. The highest BCUT2D eigenvalue weighted by Gasteiger charge is 2.28. The van der Waals surface area contributed by atoms with Gasteiger partial charge < -0.3 is 15.0 Å². The molecule has 3 rings (SSSR count). The van der Waals surface area contributed by atoms with Crippen LogP contribution < -0.4 is 10.1 Å². The number of hydrogen-bond acceptors (Lipinski definition) is 3. The lowest BCUT2D eigenvalue weighted by atomic mass is 10.0. The van der Waals surface area contributed by atoms with Crippen LogP contribution in [0.15, 0.2) is 48.5 Å². The molecule has 2 aromatic carbocycles. The molecule has 160 valence electrons. The molecule has 0 saturated heterocycles. The highest BCUT2D eigenvalue weighted by molar-refractivity contribution is 5.88. The van der Waals surface area contributed by atoms with Gasteiger partial charge in [-0.05, 0) is 55.5 Å². The quantitative estimate of drug-likeness (QED) is 0.718. The normalized spacial score (nSPS) is 14.9. The summed E-state index contributed by atoms with van der Waals surface area (Å²) in [6, 6.07) is 15.2. The monoisotopic (exact) mass is 408 g/mol. The van der Waals surface area contributed by atoms with Gasteiger partial charge in [-0.2, -0.15) is 0 Å². The summed E-state index contributed by atoms with van der Waals surface area (Å²) in [6.07, 6.45) is 4.63. The number of amides is 2. The van der Waals surface area contributed by atoms with Crippen LogP contribution in [0, 0.1) is 6.92 Å². The molecule has 0 aliphatic heterocycles. The first kappa shape index (κ1) is 21.9. The molecule has 0 heterocycles. The van der Waals surface area contributed by atoms with Crippen LogP contribution in [-0.2, 0) is 22.6 Å². The topological polar surface area (TPSA) is 58.6 Å². The number of aryl methyl sites for hydroxylation is 1. The van der Waals surface area contributed by atoms with E-state index in [9.17, 15) is 9.59 Å². The molecule has 0 aromatic heterocycles. The molecular formula is C25H32N2O3. The van der Waals surface area contributed by atoms with Crippen molar-refractivity contribution in [3.63, 3.8) is 0 Å². The largest absolute Gasteiger partial charge is 0.497 e. The minimum absolute atomic E-state index is 0.0470. The second-order valence-electron chi connectivity index (χ2n) is 8.14. The van der Waals surface area contributed by atoms with Gasteiger partial charge in [0.2, 0.25) is 11.8 Å². The molecule has 30 heavy (non-hydrogen) atoms. The van der Waals surface area contributed by atoms with Crippen LogP contribution in [0.2, 0.25) is 0 Å². The molecule has 0 spiro atoms. The molecule has 0 bridgehead atoms. The fourth-order valence-electron chi connectivity index (χ4n) is 3.98. The fourth-order valence-corrected chi connectivity index (χ4v) is 3.98. The number of carbonyl (C=O) groups is 2. The third kappa shape index (κ3) is 5.62. The summed E-state index contributed by atoms with van der Waals surface area (Å²) in [5.74, 6) is 0.645. The second-order valence-corrected chi connectivity index (χ2v) is 8.14. The zero-order valence-electron chi connectivity index (χ0n) is 18.2. The first-order valence-corrected chi connectivity index (χ1v) is 10.7. The zero-order chi connectivity index (χ0) is 21.5. The van der Waals surface area contributed by atoms with Crippen LogP contribution in [0.4, 0.5) is 0 Å². The molecule has 2 amide bonds. The molecular weight excluding hydrogens is 376 g/mol. The lowest BCUT2D eigenvalue weighted by Crippen LogP contribution is -2.50. The zero-order valence-corrected chi connectivity index (χ0v) is 18.2. The molecule has 1 aliphatic carbocycles. The van der Waals surface area contributed by atoms with Crippen LogP contribution in [0.3, 0.4) is 0 Å². The van der Waals surface area contributed by atoms with Crippen molar-refractivity contribution in [1.29, 1.82) is 0 Å². The van der Waals surface area contributed by atoms with Gasteiger partial charge in [0.25, 0.3) is 0 Å². The summed E-state index contributed by atoms with van der Waals surface area (Å²) < 4.78 is 5.23. The van der Waals surface area contributed by atoms with E-state index in [1.165, 1.54) is 0 Å². The number of carbonyl (C=O) groups excluding carboxylic acids is 2. The van der Waals surface area contributed by atoms with Gasteiger partial charge in [0.1, 0.15) is 11.8 Å². The van der Waals surface area contributed by atoms with E-state index in [0.29, 0.717) is 6.54 Å². The number of ether oxygens (including phenoxy) is 1. The van der Waals surface area contributed by atoms with Gasteiger partial charge in [0.05, 0.1) is 13.5 Å². The Bertz CT molecular complexity index is 857. The first-order valence-electron chi connectivity index (χ1n) is 10.7. The Balaban J connectivity index is 1.77. The first-order chi connectivity index (χ1) is 14.5. The van der Waals surface area contributed by atoms with Crippen molar-refractivity contribution in [3.8, 4) is 5.75 Å². The Morgan fingerprint density at radius 1 is 1.10 bits per heavy atom. The molecule has 1 saturated carbocycles. The number of benzene rings is 2.